The Morgan fingerprint density at radius 3 is 2.13 bits per heavy atom. The van der Waals surface area contributed by atoms with Crippen molar-refractivity contribution in [1.82, 2.24) is 5.32 Å². The minimum absolute atomic E-state index is 0.0431. The van der Waals surface area contributed by atoms with E-state index in [9.17, 15) is 14.4 Å². The smallest absolute Gasteiger partial charge is 0.305 e. The molecule has 0 aliphatic rings. The Kier molecular flexibility index (Phi) is 8.55. The molecule has 0 bridgehead atoms. The highest BCUT2D eigenvalue weighted by Crippen LogP contribution is 2.28. The lowest BCUT2D eigenvalue weighted by Crippen LogP contribution is -2.36. The van der Waals surface area contributed by atoms with E-state index in [4.69, 9.17) is 9.52 Å². The zero-order chi connectivity index (χ0) is 31.2. The van der Waals surface area contributed by atoms with Crippen LogP contribution >= 0.6 is 0 Å². The van der Waals surface area contributed by atoms with E-state index < -0.39 is 12.0 Å². The largest absolute Gasteiger partial charge is 0.481 e. The van der Waals surface area contributed by atoms with Gasteiger partial charge in [-0.3, -0.25) is 14.4 Å². The van der Waals surface area contributed by atoms with Crippen LogP contribution in [0.15, 0.2) is 126 Å². The van der Waals surface area contributed by atoms with Gasteiger partial charge in [-0.2, -0.15) is 0 Å². The number of nitrogens with one attached hydrogen (secondary N) is 3. The average molecular weight is 598 g/mol. The second kappa shape index (κ2) is 13.2. The fraction of sp³-hybridized carbons (Fsp3) is 0.108. The van der Waals surface area contributed by atoms with Gasteiger partial charge in [0.25, 0.3) is 5.91 Å². The van der Waals surface area contributed by atoms with Crippen molar-refractivity contribution in [2.24, 2.45) is 0 Å². The molecule has 8 nitrogen and oxygen atoms in total. The molecule has 1 heterocycles. The minimum Gasteiger partial charge on any atom is -0.481 e. The Bertz CT molecular complexity index is 1950. The van der Waals surface area contributed by atoms with Gasteiger partial charge in [-0.1, -0.05) is 60.7 Å². The lowest BCUT2D eigenvalue weighted by molar-refractivity contribution is -0.136. The molecular weight excluding hydrogens is 566 g/mol. The van der Waals surface area contributed by atoms with Crippen LogP contribution in [0.5, 0.6) is 0 Å². The van der Waals surface area contributed by atoms with Crippen LogP contribution < -0.4 is 16.0 Å². The van der Waals surface area contributed by atoms with Crippen molar-refractivity contribution in [3.8, 4) is 11.3 Å². The number of carboxylic acid groups (broad SMARTS) is 1. The molecule has 0 aliphatic heterocycles. The van der Waals surface area contributed by atoms with E-state index in [1.54, 1.807) is 24.3 Å². The number of fused-ring (bicyclic) bond motifs is 2. The molecule has 5 aromatic carbocycles. The van der Waals surface area contributed by atoms with E-state index in [0.29, 0.717) is 23.4 Å². The van der Waals surface area contributed by atoms with Crippen molar-refractivity contribution in [2.75, 3.05) is 17.2 Å². The number of anilines is 2. The van der Waals surface area contributed by atoms with Gasteiger partial charge in [-0.25, -0.2) is 0 Å². The summed E-state index contributed by atoms with van der Waals surface area (Å²) in [6.45, 7) is 0.0431. The molecule has 224 valence electrons. The number of benzene rings is 5. The first-order valence-electron chi connectivity index (χ1n) is 14.7. The van der Waals surface area contributed by atoms with Crippen molar-refractivity contribution < 1.29 is 23.9 Å². The zero-order valence-electron chi connectivity index (χ0n) is 24.3. The number of carboxylic acids is 1. The van der Waals surface area contributed by atoms with Crippen molar-refractivity contribution in [1.29, 1.82) is 0 Å². The number of para-hydroxylation sites is 1. The van der Waals surface area contributed by atoms with Crippen LogP contribution in [-0.4, -0.2) is 35.5 Å². The maximum Gasteiger partial charge on any atom is 0.305 e. The van der Waals surface area contributed by atoms with Crippen LogP contribution in [-0.2, 0) is 16.0 Å². The molecule has 1 atom stereocenters. The summed E-state index contributed by atoms with van der Waals surface area (Å²) in [5.74, 6) is -0.800. The van der Waals surface area contributed by atoms with Gasteiger partial charge in [0.05, 0.1) is 6.42 Å². The summed E-state index contributed by atoms with van der Waals surface area (Å²) in [4.78, 5) is 36.8. The van der Waals surface area contributed by atoms with Crippen molar-refractivity contribution >= 4 is 50.9 Å². The predicted octanol–water partition coefficient (Wildman–Crippen LogP) is 7.12. The molecule has 45 heavy (non-hydrogen) atoms. The van der Waals surface area contributed by atoms with Gasteiger partial charge in [-0.05, 0) is 77.0 Å². The van der Waals surface area contributed by atoms with Gasteiger partial charge < -0.3 is 25.5 Å². The van der Waals surface area contributed by atoms with Gasteiger partial charge in [0.2, 0.25) is 5.91 Å². The van der Waals surface area contributed by atoms with E-state index in [1.165, 1.54) is 0 Å². The number of carbonyl (C=O) groups excluding carboxylic acids is 2. The summed E-state index contributed by atoms with van der Waals surface area (Å²) >= 11 is 0. The fourth-order valence-electron chi connectivity index (χ4n) is 5.19. The molecule has 0 saturated heterocycles. The third kappa shape index (κ3) is 7.19. The Morgan fingerprint density at radius 1 is 0.711 bits per heavy atom. The minimum atomic E-state index is -0.979. The van der Waals surface area contributed by atoms with E-state index in [2.05, 4.69) is 28.1 Å². The number of amides is 2. The summed E-state index contributed by atoms with van der Waals surface area (Å²) < 4.78 is 5.98. The number of rotatable bonds is 11. The number of aliphatic carboxylic acids is 1. The van der Waals surface area contributed by atoms with Gasteiger partial charge in [0.1, 0.15) is 17.4 Å². The van der Waals surface area contributed by atoms with E-state index in [-0.39, 0.29) is 24.8 Å². The molecule has 1 aromatic heterocycles. The molecule has 0 unspecified atom stereocenters. The summed E-state index contributed by atoms with van der Waals surface area (Å²) in [7, 11) is 0. The van der Waals surface area contributed by atoms with Crippen molar-refractivity contribution in [3.05, 3.63) is 132 Å². The molecule has 6 rings (SSSR count). The number of furan rings is 1. The Balaban J connectivity index is 1.19. The Hall–Kier alpha value is -5.89. The Morgan fingerprint density at radius 2 is 1.40 bits per heavy atom. The van der Waals surface area contributed by atoms with E-state index in [1.807, 2.05) is 84.9 Å². The van der Waals surface area contributed by atoms with Crippen molar-refractivity contribution in [3.63, 3.8) is 0 Å². The first kappa shape index (κ1) is 29.2. The molecule has 0 radical (unpaired) electrons. The first-order chi connectivity index (χ1) is 21.9. The molecular formula is C37H31N3O5. The predicted molar refractivity (Wildman–Crippen MR) is 176 cm³/mol. The molecule has 0 saturated carbocycles. The third-order valence-electron chi connectivity index (χ3n) is 7.55. The van der Waals surface area contributed by atoms with Crippen LogP contribution in [0.3, 0.4) is 0 Å². The van der Waals surface area contributed by atoms with Gasteiger partial charge >= 0.3 is 5.97 Å². The highest BCUT2D eigenvalue weighted by Gasteiger charge is 2.20. The SMILES string of the molecule is O=C(O)CCNC(=O)c1ccc(N[C@@H](Cc2ccc3ccccc3c2)C(=O)Nc2ccc(-c3cc4ccccc4o3)cc2)cc1. The maximum atomic E-state index is 13.7. The average Bonchev–Trinajstić information content (AvgIpc) is 3.49. The topological polar surface area (TPSA) is 121 Å². The number of hydrogen-bond donors (Lipinski definition) is 4. The van der Waals surface area contributed by atoms with Crippen LogP contribution in [0.25, 0.3) is 33.1 Å². The number of carbonyl (C=O) groups is 3. The molecule has 2 amide bonds. The molecule has 8 heteroatoms. The quantitative estimate of drug-likeness (QED) is 0.126. The maximum absolute atomic E-state index is 13.7. The van der Waals surface area contributed by atoms with E-state index >= 15 is 0 Å². The first-order valence-corrected chi connectivity index (χ1v) is 14.7. The van der Waals surface area contributed by atoms with Crippen LogP contribution in [0.1, 0.15) is 22.3 Å². The Labute approximate surface area is 259 Å². The summed E-state index contributed by atoms with van der Waals surface area (Å²) in [6, 6.07) is 37.7. The molecule has 4 N–H and O–H groups in total. The van der Waals surface area contributed by atoms with Gasteiger partial charge in [0.15, 0.2) is 0 Å². The lowest BCUT2D eigenvalue weighted by atomic mass is 10.0. The van der Waals surface area contributed by atoms with Gasteiger partial charge in [-0.15, -0.1) is 0 Å². The summed E-state index contributed by atoms with van der Waals surface area (Å²) in [5, 5.41) is 21.0. The van der Waals surface area contributed by atoms with Crippen molar-refractivity contribution in [2.45, 2.75) is 18.9 Å². The van der Waals surface area contributed by atoms with E-state index in [0.717, 1.165) is 38.6 Å². The summed E-state index contributed by atoms with van der Waals surface area (Å²) in [6.07, 6.45) is 0.269. The van der Waals surface area contributed by atoms with Crippen LogP contribution in [0.2, 0.25) is 0 Å². The highest BCUT2D eigenvalue weighted by atomic mass is 16.4. The zero-order valence-corrected chi connectivity index (χ0v) is 24.3. The van der Waals surface area contributed by atoms with Gasteiger partial charge in [0, 0.05) is 40.9 Å². The monoisotopic (exact) mass is 597 g/mol. The fourth-order valence-corrected chi connectivity index (χ4v) is 5.19. The lowest BCUT2D eigenvalue weighted by Gasteiger charge is -2.20. The highest BCUT2D eigenvalue weighted by molar-refractivity contribution is 5.98. The normalized spacial score (nSPS) is 11.6. The standard InChI is InChI=1S/C37H31N3O5/c41-35(42)19-20-38-36(43)27-13-17-30(18-14-27)39-32(22-24-9-10-25-5-1-2-6-28(25)21-24)37(44)40-31-15-11-26(12-16-31)34-23-29-7-3-4-8-33(29)45-34/h1-18,21,23,32,39H,19-20,22H2,(H,38,43)(H,40,44)(H,41,42)/t32-/m0/s1. The second-order valence-electron chi connectivity index (χ2n) is 10.8. The molecule has 0 fully saturated rings. The van der Waals surface area contributed by atoms with Crippen LogP contribution in [0.4, 0.5) is 11.4 Å². The molecule has 0 spiro atoms. The molecule has 6 aromatic rings. The third-order valence-corrected chi connectivity index (χ3v) is 7.55. The van der Waals surface area contributed by atoms with Crippen LogP contribution in [0, 0.1) is 0 Å². The number of hydrogen-bond acceptors (Lipinski definition) is 5. The second-order valence-corrected chi connectivity index (χ2v) is 10.8. The summed E-state index contributed by atoms with van der Waals surface area (Å²) in [5.41, 5.74) is 4.43. The molecule has 0 aliphatic carbocycles.